The van der Waals surface area contributed by atoms with Gasteiger partial charge in [0.1, 0.15) is 19.3 Å². The molecule has 0 aromatic heterocycles. The van der Waals surface area contributed by atoms with E-state index in [9.17, 15) is 43.2 Å². The van der Waals surface area contributed by atoms with Gasteiger partial charge in [-0.15, -0.1) is 0 Å². The molecule has 0 bridgehead atoms. The summed E-state index contributed by atoms with van der Waals surface area (Å²) in [7, 11) is -9.90. The Hall–Kier alpha value is -1.94. The fraction of sp³-hybridized carbons (Fsp3) is 0.947. The monoisotopic (exact) mass is 1380 g/mol. The minimum absolute atomic E-state index is 0.107. The lowest BCUT2D eigenvalue weighted by molar-refractivity contribution is -0.161. The number of rotatable bonds is 74. The second kappa shape index (κ2) is 66.9. The van der Waals surface area contributed by atoms with Crippen molar-refractivity contribution < 1.29 is 80.2 Å². The Labute approximate surface area is 575 Å². The van der Waals surface area contributed by atoms with Crippen LogP contribution in [0.15, 0.2) is 0 Å². The van der Waals surface area contributed by atoms with Crippen LogP contribution in [0.3, 0.4) is 0 Å². The van der Waals surface area contributed by atoms with Crippen LogP contribution in [0.2, 0.25) is 0 Å². The highest BCUT2D eigenvalue weighted by Crippen LogP contribution is 2.45. The van der Waals surface area contributed by atoms with Gasteiger partial charge >= 0.3 is 39.5 Å². The smallest absolute Gasteiger partial charge is 0.462 e. The fourth-order valence-electron chi connectivity index (χ4n) is 11.4. The minimum Gasteiger partial charge on any atom is -0.462 e. The van der Waals surface area contributed by atoms with Gasteiger partial charge in [0.25, 0.3) is 0 Å². The highest BCUT2D eigenvalue weighted by Gasteiger charge is 2.30. The summed E-state index contributed by atoms with van der Waals surface area (Å²) in [5, 5.41) is 10.6. The van der Waals surface area contributed by atoms with Crippen LogP contribution in [0.1, 0.15) is 388 Å². The molecular weight excluding hydrogens is 1230 g/mol. The van der Waals surface area contributed by atoms with Crippen molar-refractivity contribution in [3.05, 3.63) is 0 Å². The molecule has 17 nitrogen and oxygen atoms in total. The third-order valence-corrected chi connectivity index (χ3v) is 19.7. The van der Waals surface area contributed by atoms with Gasteiger partial charge in [-0.1, -0.05) is 337 Å². The number of ether oxygens (including phenoxy) is 4. The van der Waals surface area contributed by atoms with Crippen molar-refractivity contribution >= 4 is 39.5 Å². The summed E-state index contributed by atoms with van der Waals surface area (Å²) < 4.78 is 68.4. The van der Waals surface area contributed by atoms with Crippen LogP contribution >= 0.6 is 15.6 Å². The molecule has 0 spiro atoms. The number of aliphatic hydroxyl groups excluding tert-OH is 1. The molecule has 0 saturated heterocycles. The van der Waals surface area contributed by atoms with Crippen LogP contribution in [0.4, 0.5) is 0 Å². The van der Waals surface area contributed by atoms with Gasteiger partial charge in [-0.3, -0.25) is 37.3 Å². The number of aliphatic hydroxyl groups is 1. The maximum Gasteiger partial charge on any atom is 0.472 e. The van der Waals surface area contributed by atoms with Crippen LogP contribution in [0.5, 0.6) is 0 Å². The van der Waals surface area contributed by atoms with E-state index < -0.39 is 97.5 Å². The first-order chi connectivity index (χ1) is 45.4. The highest BCUT2D eigenvalue weighted by molar-refractivity contribution is 7.47. The first-order valence-corrected chi connectivity index (χ1v) is 42.0. The zero-order valence-corrected chi connectivity index (χ0v) is 63.1. The van der Waals surface area contributed by atoms with Gasteiger partial charge in [0.15, 0.2) is 12.2 Å². The van der Waals surface area contributed by atoms with Crippen molar-refractivity contribution in [2.45, 2.75) is 407 Å². The fourth-order valence-corrected chi connectivity index (χ4v) is 13.0. The Kier molecular flexibility index (Phi) is 65.5. The van der Waals surface area contributed by atoms with Gasteiger partial charge < -0.3 is 33.8 Å². The molecule has 19 heteroatoms. The Morgan fingerprint density at radius 1 is 0.309 bits per heavy atom. The molecule has 0 radical (unpaired) electrons. The first-order valence-electron chi connectivity index (χ1n) is 39.0. The van der Waals surface area contributed by atoms with Crippen molar-refractivity contribution in [3.8, 4) is 0 Å². The molecule has 0 aromatic carbocycles. The van der Waals surface area contributed by atoms with Crippen LogP contribution < -0.4 is 0 Å². The Morgan fingerprint density at radius 3 is 0.809 bits per heavy atom. The van der Waals surface area contributed by atoms with Crippen molar-refractivity contribution in [1.82, 2.24) is 0 Å². The standard InChI is InChI=1S/C75H146O17P2/c1-7-10-12-14-16-17-27-35-41-47-53-59-74(79)91-70(63-85-72(77)57-51-45-37-15-13-11-8-2)65-89-93(81,82)87-61-69(76)62-88-94(83,84)90-66-71(92-75(80)60-54-48-42-36-31-26-20-18-19-23-28-32-38-43-49-55-67(4)5)64-86-73(78)58-52-46-40-34-30-25-22-21-24-29-33-39-44-50-56-68(6)9-3/h67-71,76H,7-66H2,1-6H3,(H,81,82)(H,83,84)/t68?,69-,70+,71+/m0/s1. The molecule has 0 heterocycles. The van der Waals surface area contributed by atoms with E-state index in [1.807, 2.05) is 0 Å². The van der Waals surface area contributed by atoms with Crippen LogP contribution in [-0.2, 0) is 65.4 Å². The van der Waals surface area contributed by atoms with E-state index in [1.54, 1.807) is 0 Å². The van der Waals surface area contributed by atoms with Gasteiger partial charge in [-0.2, -0.15) is 0 Å². The number of phosphoric ester groups is 2. The topological polar surface area (TPSA) is 237 Å². The molecule has 3 unspecified atom stereocenters. The summed E-state index contributed by atoms with van der Waals surface area (Å²) in [5.74, 6) is -0.468. The van der Waals surface area contributed by atoms with Gasteiger partial charge in [0, 0.05) is 25.7 Å². The normalized spacial score (nSPS) is 14.3. The molecule has 0 saturated carbocycles. The third kappa shape index (κ3) is 67.3. The number of carbonyl (C=O) groups excluding carboxylic acids is 4. The molecule has 0 amide bonds. The molecule has 0 aliphatic carbocycles. The number of unbranched alkanes of at least 4 members (excludes halogenated alkanes) is 43. The predicted molar refractivity (Wildman–Crippen MR) is 381 cm³/mol. The number of hydrogen-bond donors (Lipinski definition) is 3. The zero-order chi connectivity index (χ0) is 69.3. The molecule has 3 N–H and O–H groups in total. The SMILES string of the molecule is CCCCCCCCCCCCCC(=O)O[C@H](COC(=O)CCCCCCCCC)COP(=O)(O)OC[C@H](O)COP(=O)(O)OC[C@@H](COC(=O)CCCCCCCCCCCCCCCCC(C)CC)OC(=O)CCCCCCCCCCCCCCCCCC(C)C. The van der Waals surface area contributed by atoms with E-state index in [2.05, 4.69) is 41.5 Å². The molecule has 0 fully saturated rings. The third-order valence-electron chi connectivity index (χ3n) is 17.8. The van der Waals surface area contributed by atoms with E-state index in [-0.39, 0.29) is 25.7 Å². The lowest BCUT2D eigenvalue weighted by atomic mass is 9.99. The number of phosphoric acid groups is 2. The van der Waals surface area contributed by atoms with E-state index in [1.165, 1.54) is 193 Å². The summed E-state index contributed by atoms with van der Waals surface area (Å²) >= 11 is 0. The van der Waals surface area contributed by atoms with Gasteiger partial charge in [-0.05, 0) is 37.5 Å². The second-order valence-corrected chi connectivity index (χ2v) is 30.7. The van der Waals surface area contributed by atoms with E-state index in [4.69, 9.17) is 37.0 Å². The average Bonchev–Trinajstić information content (AvgIpc) is 1.40. The first kappa shape index (κ1) is 92.1. The molecule has 6 atom stereocenters. The van der Waals surface area contributed by atoms with Crippen molar-refractivity contribution in [2.24, 2.45) is 11.8 Å². The Bertz CT molecular complexity index is 1820. The van der Waals surface area contributed by atoms with Crippen LogP contribution in [0.25, 0.3) is 0 Å². The van der Waals surface area contributed by atoms with Crippen molar-refractivity contribution in [1.29, 1.82) is 0 Å². The van der Waals surface area contributed by atoms with Crippen LogP contribution in [-0.4, -0.2) is 96.7 Å². The number of carbonyl (C=O) groups is 4. The van der Waals surface area contributed by atoms with Gasteiger partial charge in [0.05, 0.1) is 26.4 Å². The summed E-state index contributed by atoms with van der Waals surface area (Å²) in [5.41, 5.74) is 0. The minimum atomic E-state index is -4.96. The molecule has 0 aliphatic rings. The maximum absolute atomic E-state index is 13.1. The molecule has 558 valence electrons. The van der Waals surface area contributed by atoms with E-state index in [0.717, 1.165) is 115 Å². The second-order valence-electron chi connectivity index (χ2n) is 27.8. The average molecular weight is 1380 g/mol. The summed E-state index contributed by atoms with van der Waals surface area (Å²) in [6.45, 7) is 9.63. The van der Waals surface area contributed by atoms with Crippen molar-refractivity contribution in [2.75, 3.05) is 39.6 Å². The van der Waals surface area contributed by atoms with Crippen molar-refractivity contribution in [3.63, 3.8) is 0 Å². The lowest BCUT2D eigenvalue weighted by Crippen LogP contribution is -2.30. The maximum atomic E-state index is 13.1. The molecule has 0 rings (SSSR count). The molecule has 0 aliphatic heterocycles. The summed E-state index contributed by atoms with van der Waals surface area (Å²) in [6, 6.07) is 0. The highest BCUT2D eigenvalue weighted by atomic mass is 31.2. The molecular formula is C75H146O17P2. The van der Waals surface area contributed by atoms with E-state index in [0.29, 0.717) is 25.7 Å². The lowest BCUT2D eigenvalue weighted by Gasteiger charge is -2.21. The summed E-state index contributed by atoms with van der Waals surface area (Å²) in [4.78, 5) is 72.6. The van der Waals surface area contributed by atoms with Gasteiger partial charge in [-0.25, -0.2) is 9.13 Å². The number of hydrogen-bond acceptors (Lipinski definition) is 15. The quantitative estimate of drug-likeness (QED) is 0.0222. The largest absolute Gasteiger partial charge is 0.472 e. The number of esters is 4. The predicted octanol–water partition coefficient (Wildman–Crippen LogP) is 21.9. The van der Waals surface area contributed by atoms with E-state index >= 15 is 0 Å². The van der Waals surface area contributed by atoms with Crippen LogP contribution in [0, 0.1) is 11.8 Å². The molecule has 0 aromatic rings. The van der Waals surface area contributed by atoms with Gasteiger partial charge in [0.2, 0.25) is 0 Å². The summed E-state index contributed by atoms with van der Waals surface area (Å²) in [6.07, 6.45) is 54.1. The zero-order valence-electron chi connectivity index (χ0n) is 61.3. The Morgan fingerprint density at radius 2 is 0.543 bits per heavy atom. The molecule has 94 heavy (non-hydrogen) atoms. The Balaban J connectivity index is 5.18.